The van der Waals surface area contributed by atoms with Crippen LogP contribution in [-0.4, -0.2) is 27.2 Å². The largest absolute Gasteiger partial charge is 0.491 e. The minimum Gasteiger partial charge on any atom is -0.491 e. The van der Waals surface area contributed by atoms with Crippen LogP contribution >= 0.6 is 12.2 Å². The predicted molar refractivity (Wildman–Crippen MR) is 103 cm³/mol. The van der Waals surface area contributed by atoms with Crippen LogP contribution in [0.15, 0.2) is 53.6 Å². The average Bonchev–Trinajstić information content (AvgIpc) is 2.95. The number of aryl methyl sites for hydroxylation is 1. The SMILES string of the molecule is Cc1ccc(/C=N/n2c(-c3cccc(OC(C)C)c3)n[nH]c2=S)cc1. The molecule has 6 heteroatoms. The van der Waals surface area contributed by atoms with Crippen molar-refractivity contribution < 1.29 is 4.74 Å². The van der Waals surface area contributed by atoms with E-state index in [-0.39, 0.29) is 6.10 Å². The fourth-order valence-electron chi connectivity index (χ4n) is 2.34. The first-order valence-electron chi connectivity index (χ1n) is 8.08. The summed E-state index contributed by atoms with van der Waals surface area (Å²) < 4.78 is 7.81. The van der Waals surface area contributed by atoms with Gasteiger partial charge in [-0.15, -0.1) is 0 Å². The second-order valence-electron chi connectivity index (χ2n) is 6.01. The molecule has 0 fully saturated rings. The van der Waals surface area contributed by atoms with Crippen molar-refractivity contribution in [3.8, 4) is 17.1 Å². The number of hydrogen-bond acceptors (Lipinski definition) is 4. The molecule has 1 aromatic heterocycles. The Balaban J connectivity index is 1.94. The van der Waals surface area contributed by atoms with Crippen LogP contribution in [0.3, 0.4) is 0 Å². The van der Waals surface area contributed by atoms with Gasteiger partial charge in [-0.25, -0.2) is 5.10 Å². The molecule has 0 aliphatic rings. The minimum atomic E-state index is 0.107. The Labute approximate surface area is 152 Å². The van der Waals surface area contributed by atoms with Gasteiger partial charge in [0.25, 0.3) is 0 Å². The van der Waals surface area contributed by atoms with E-state index in [1.165, 1.54) is 5.56 Å². The van der Waals surface area contributed by atoms with Crippen LogP contribution in [-0.2, 0) is 0 Å². The monoisotopic (exact) mass is 352 g/mol. The Morgan fingerprint density at radius 2 is 1.96 bits per heavy atom. The van der Waals surface area contributed by atoms with Crippen molar-refractivity contribution in [2.24, 2.45) is 5.10 Å². The molecule has 0 unspecified atom stereocenters. The van der Waals surface area contributed by atoms with Crippen LogP contribution < -0.4 is 4.74 Å². The number of aromatic nitrogens is 3. The summed E-state index contributed by atoms with van der Waals surface area (Å²) in [5.41, 5.74) is 3.09. The standard InChI is InChI=1S/C19H20N4OS/c1-13(2)24-17-6-4-5-16(11-17)18-21-22-19(25)23(18)20-12-15-9-7-14(3)8-10-15/h4-13H,1-3H3,(H,22,25)/b20-12+. The van der Waals surface area contributed by atoms with E-state index in [0.29, 0.717) is 10.6 Å². The summed E-state index contributed by atoms with van der Waals surface area (Å²) in [4.78, 5) is 0. The zero-order valence-electron chi connectivity index (χ0n) is 14.4. The molecule has 2 aromatic carbocycles. The highest BCUT2D eigenvalue weighted by Crippen LogP contribution is 2.23. The lowest BCUT2D eigenvalue weighted by Crippen LogP contribution is -2.05. The smallest absolute Gasteiger partial charge is 0.216 e. The van der Waals surface area contributed by atoms with E-state index in [1.807, 2.05) is 62.4 Å². The maximum atomic E-state index is 5.75. The number of H-pyrrole nitrogens is 1. The highest BCUT2D eigenvalue weighted by molar-refractivity contribution is 7.71. The molecule has 128 valence electrons. The van der Waals surface area contributed by atoms with Crippen LogP contribution in [0, 0.1) is 11.7 Å². The van der Waals surface area contributed by atoms with Gasteiger partial charge in [-0.3, -0.25) is 0 Å². The highest BCUT2D eigenvalue weighted by atomic mass is 32.1. The normalized spacial score (nSPS) is 11.4. The lowest BCUT2D eigenvalue weighted by molar-refractivity contribution is 0.242. The number of rotatable bonds is 5. The van der Waals surface area contributed by atoms with E-state index >= 15 is 0 Å². The first-order chi connectivity index (χ1) is 12.0. The van der Waals surface area contributed by atoms with E-state index in [1.54, 1.807) is 10.9 Å². The van der Waals surface area contributed by atoms with Gasteiger partial charge in [-0.05, 0) is 50.7 Å². The third-order valence-corrected chi connectivity index (χ3v) is 3.78. The molecule has 0 radical (unpaired) electrons. The van der Waals surface area contributed by atoms with Gasteiger partial charge >= 0.3 is 0 Å². The van der Waals surface area contributed by atoms with Crippen molar-refractivity contribution in [2.45, 2.75) is 26.9 Å². The molecular formula is C19H20N4OS. The molecule has 1 N–H and O–H groups in total. The molecule has 3 aromatic rings. The molecule has 0 atom stereocenters. The van der Waals surface area contributed by atoms with Crippen molar-refractivity contribution in [1.29, 1.82) is 0 Å². The molecule has 0 aliphatic carbocycles. The first-order valence-corrected chi connectivity index (χ1v) is 8.49. The number of aromatic amines is 1. The Bertz CT molecular complexity index is 939. The third-order valence-electron chi connectivity index (χ3n) is 3.51. The van der Waals surface area contributed by atoms with Gasteiger partial charge in [-0.1, -0.05) is 42.0 Å². The maximum Gasteiger partial charge on any atom is 0.216 e. The molecule has 0 aliphatic heterocycles. The van der Waals surface area contributed by atoms with Gasteiger partial charge < -0.3 is 4.74 Å². The lowest BCUT2D eigenvalue weighted by atomic mass is 10.2. The topological polar surface area (TPSA) is 55.2 Å². The molecule has 0 amide bonds. The Hall–Kier alpha value is -2.73. The predicted octanol–water partition coefficient (Wildman–Crippen LogP) is 4.59. The second kappa shape index (κ2) is 7.44. The fourth-order valence-corrected chi connectivity index (χ4v) is 2.52. The number of hydrogen-bond donors (Lipinski definition) is 1. The van der Waals surface area contributed by atoms with Crippen molar-refractivity contribution in [3.05, 3.63) is 64.4 Å². The van der Waals surface area contributed by atoms with Gasteiger partial charge in [0.1, 0.15) is 5.75 Å². The van der Waals surface area contributed by atoms with Gasteiger partial charge in [0, 0.05) is 5.56 Å². The summed E-state index contributed by atoms with van der Waals surface area (Å²) in [5.74, 6) is 1.43. The van der Waals surface area contributed by atoms with Crippen molar-refractivity contribution >= 4 is 18.4 Å². The van der Waals surface area contributed by atoms with Crippen LogP contribution in [0.25, 0.3) is 11.4 Å². The summed E-state index contributed by atoms with van der Waals surface area (Å²) >= 11 is 5.31. The van der Waals surface area contributed by atoms with Gasteiger partial charge in [0.05, 0.1) is 12.3 Å². The van der Waals surface area contributed by atoms with Gasteiger partial charge in [-0.2, -0.15) is 14.9 Å². The Kier molecular flexibility index (Phi) is 5.09. The van der Waals surface area contributed by atoms with E-state index in [4.69, 9.17) is 17.0 Å². The molecular weight excluding hydrogens is 332 g/mol. The zero-order valence-corrected chi connectivity index (χ0v) is 15.2. The van der Waals surface area contributed by atoms with Gasteiger partial charge in [0.2, 0.25) is 4.77 Å². The van der Waals surface area contributed by atoms with E-state index in [9.17, 15) is 0 Å². The molecule has 0 bridgehead atoms. The number of ether oxygens (including phenoxy) is 1. The average molecular weight is 352 g/mol. The molecule has 0 saturated carbocycles. The van der Waals surface area contributed by atoms with E-state index in [2.05, 4.69) is 22.2 Å². The van der Waals surface area contributed by atoms with Crippen molar-refractivity contribution in [3.63, 3.8) is 0 Å². The minimum absolute atomic E-state index is 0.107. The van der Waals surface area contributed by atoms with Crippen LogP contribution in [0.2, 0.25) is 0 Å². The summed E-state index contributed by atoms with van der Waals surface area (Å²) in [5, 5.41) is 11.6. The number of nitrogens with zero attached hydrogens (tertiary/aromatic N) is 3. The quantitative estimate of drug-likeness (QED) is 0.540. The van der Waals surface area contributed by atoms with Crippen LogP contribution in [0.5, 0.6) is 5.75 Å². The van der Waals surface area contributed by atoms with Crippen molar-refractivity contribution in [2.75, 3.05) is 0 Å². The molecule has 1 heterocycles. The summed E-state index contributed by atoms with van der Waals surface area (Å²) in [6.07, 6.45) is 1.87. The zero-order chi connectivity index (χ0) is 17.8. The second-order valence-corrected chi connectivity index (χ2v) is 6.40. The van der Waals surface area contributed by atoms with Gasteiger partial charge in [0.15, 0.2) is 5.82 Å². The lowest BCUT2D eigenvalue weighted by Gasteiger charge is -2.10. The van der Waals surface area contributed by atoms with E-state index in [0.717, 1.165) is 16.9 Å². The molecule has 0 saturated heterocycles. The molecule has 5 nitrogen and oxygen atoms in total. The third kappa shape index (κ3) is 4.22. The fraction of sp³-hybridized carbons (Fsp3) is 0.211. The number of benzene rings is 2. The summed E-state index contributed by atoms with van der Waals surface area (Å²) in [6, 6.07) is 15.9. The van der Waals surface area contributed by atoms with Crippen LogP contribution in [0.1, 0.15) is 25.0 Å². The number of nitrogens with one attached hydrogen (secondary N) is 1. The highest BCUT2D eigenvalue weighted by Gasteiger charge is 2.09. The molecule has 3 rings (SSSR count). The molecule has 0 spiro atoms. The molecule has 25 heavy (non-hydrogen) atoms. The maximum absolute atomic E-state index is 5.75. The summed E-state index contributed by atoms with van der Waals surface area (Å²) in [6.45, 7) is 6.04. The van der Waals surface area contributed by atoms with Crippen molar-refractivity contribution in [1.82, 2.24) is 14.9 Å². The summed E-state index contributed by atoms with van der Waals surface area (Å²) in [7, 11) is 0. The van der Waals surface area contributed by atoms with E-state index < -0.39 is 0 Å². The Morgan fingerprint density at radius 1 is 1.20 bits per heavy atom. The Morgan fingerprint density at radius 3 is 2.68 bits per heavy atom. The first kappa shape index (κ1) is 17.1. The van der Waals surface area contributed by atoms with Crippen LogP contribution in [0.4, 0.5) is 0 Å².